The van der Waals surface area contributed by atoms with Gasteiger partial charge in [0.25, 0.3) is 0 Å². The van der Waals surface area contributed by atoms with Crippen molar-refractivity contribution in [1.29, 1.82) is 0 Å². The molecule has 0 amide bonds. The minimum atomic E-state index is -3.30. The summed E-state index contributed by atoms with van der Waals surface area (Å²) in [7, 11) is -3.30. The maximum absolute atomic E-state index is 13.4. The Kier molecular flexibility index (Phi) is 2.10. The third-order valence-corrected chi connectivity index (χ3v) is 3.69. The monoisotopic (exact) mass is 214 g/mol. The van der Waals surface area contributed by atoms with E-state index < -0.39 is 16.0 Å². The van der Waals surface area contributed by atoms with Crippen molar-refractivity contribution in [2.75, 3.05) is 6.26 Å². The summed E-state index contributed by atoms with van der Waals surface area (Å²) in [5.74, 6) is 0. The van der Waals surface area contributed by atoms with Gasteiger partial charge in [-0.1, -0.05) is 12.1 Å². The van der Waals surface area contributed by atoms with Gasteiger partial charge in [-0.3, -0.25) is 0 Å². The number of fused-ring (bicyclic) bond motifs is 1. The summed E-state index contributed by atoms with van der Waals surface area (Å²) in [6.45, 7) is 0. The Balaban J connectivity index is 2.70. The number of benzene rings is 1. The van der Waals surface area contributed by atoms with E-state index in [9.17, 15) is 12.8 Å². The van der Waals surface area contributed by atoms with E-state index in [0.717, 1.165) is 11.8 Å². The molecule has 1 atom stereocenters. The predicted molar refractivity (Wildman–Crippen MR) is 51.7 cm³/mol. The molecule has 0 N–H and O–H groups in total. The normalized spacial score (nSPS) is 20.9. The first-order valence-electron chi connectivity index (χ1n) is 4.46. The van der Waals surface area contributed by atoms with Crippen LogP contribution in [0, 0.1) is 0 Å². The molecule has 0 spiro atoms. The first-order chi connectivity index (χ1) is 6.50. The fourth-order valence-electron chi connectivity index (χ4n) is 1.91. The quantitative estimate of drug-likeness (QED) is 0.717. The number of hydrogen-bond acceptors (Lipinski definition) is 2. The van der Waals surface area contributed by atoms with Gasteiger partial charge in [0, 0.05) is 11.8 Å². The zero-order valence-corrected chi connectivity index (χ0v) is 8.64. The van der Waals surface area contributed by atoms with E-state index in [1.54, 1.807) is 12.1 Å². The second-order valence-electron chi connectivity index (χ2n) is 3.61. The lowest BCUT2D eigenvalue weighted by molar-refractivity contribution is 0.339. The van der Waals surface area contributed by atoms with Gasteiger partial charge < -0.3 is 0 Å². The van der Waals surface area contributed by atoms with Crippen molar-refractivity contribution < 1.29 is 12.8 Å². The summed E-state index contributed by atoms with van der Waals surface area (Å²) in [4.78, 5) is 0.153. The van der Waals surface area contributed by atoms with E-state index in [1.807, 2.05) is 0 Å². The first-order valence-corrected chi connectivity index (χ1v) is 6.35. The van der Waals surface area contributed by atoms with Crippen molar-refractivity contribution in [2.45, 2.75) is 23.9 Å². The standard InChI is InChI=1S/C10H11FO2S/c1-14(12,13)9-4-2-3-7-5-6-8(11)10(7)9/h2-4,8H,5-6H2,1H3. The number of hydrogen-bond donors (Lipinski definition) is 0. The Morgan fingerprint density at radius 1 is 1.43 bits per heavy atom. The van der Waals surface area contributed by atoms with E-state index in [2.05, 4.69) is 0 Å². The summed E-state index contributed by atoms with van der Waals surface area (Å²) in [5.41, 5.74) is 1.22. The molecule has 0 aliphatic heterocycles. The van der Waals surface area contributed by atoms with Gasteiger partial charge >= 0.3 is 0 Å². The molecule has 1 aromatic carbocycles. The molecule has 1 aromatic rings. The van der Waals surface area contributed by atoms with Crippen LogP contribution >= 0.6 is 0 Å². The number of sulfone groups is 1. The van der Waals surface area contributed by atoms with E-state index in [-0.39, 0.29) is 4.90 Å². The maximum Gasteiger partial charge on any atom is 0.175 e. The van der Waals surface area contributed by atoms with Crippen molar-refractivity contribution in [3.63, 3.8) is 0 Å². The van der Waals surface area contributed by atoms with Gasteiger partial charge in [-0.15, -0.1) is 0 Å². The summed E-state index contributed by atoms with van der Waals surface area (Å²) in [6, 6.07) is 4.95. The molecule has 0 radical (unpaired) electrons. The summed E-state index contributed by atoms with van der Waals surface area (Å²) < 4.78 is 36.2. The predicted octanol–water partition coefficient (Wildman–Crippen LogP) is 2.05. The van der Waals surface area contributed by atoms with Crippen LogP contribution in [0.3, 0.4) is 0 Å². The highest BCUT2D eigenvalue weighted by atomic mass is 32.2. The molecular weight excluding hydrogens is 203 g/mol. The highest BCUT2D eigenvalue weighted by molar-refractivity contribution is 7.90. The smallest absolute Gasteiger partial charge is 0.175 e. The number of aryl methyl sites for hydroxylation is 1. The second-order valence-corrected chi connectivity index (χ2v) is 5.59. The molecule has 1 aliphatic rings. The molecule has 0 saturated carbocycles. The minimum absolute atomic E-state index is 0.153. The Hall–Kier alpha value is -0.900. The molecule has 0 aromatic heterocycles. The Morgan fingerprint density at radius 3 is 2.79 bits per heavy atom. The summed E-state index contributed by atoms with van der Waals surface area (Å²) in [5, 5.41) is 0. The molecule has 1 unspecified atom stereocenters. The molecule has 0 bridgehead atoms. The lowest BCUT2D eigenvalue weighted by Crippen LogP contribution is -2.03. The Labute approximate surface area is 82.7 Å². The average Bonchev–Trinajstić information content (AvgIpc) is 2.46. The second kappa shape index (κ2) is 3.05. The van der Waals surface area contributed by atoms with Crippen molar-refractivity contribution in [2.24, 2.45) is 0 Å². The van der Waals surface area contributed by atoms with Crippen molar-refractivity contribution in [3.8, 4) is 0 Å². The topological polar surface area (TPSA) is 34.1 Å². The van der Waals surface area contributed by atoms with Crippen molar-refractivity contribution in [3.05, 3.63) is 29.3 Å². The van der Waals surface area contributed by atoms with Gasteiger partial charge in [0.2, 0.25) is 0 Å². The maximum atomic E-state index is 13.4. The molecule has 0 saturated heterocycles. The third kappa shape index (κ3) is 1.43. The highest BCUT2D eigenvalue weighted by Gasteiger charge is 2.28. The molecular formula is C10H11FO2S. The molecule has 4 heteroatoms. The van der Waals surface area contributed by atoms with Gasteiger partial charge in [0.15, 0.2) is 9.84 Å². The molecule has 0 heterocycles. The van der Waals surface area contributed by atoms with E-state index in [0.29, 0.717) is 18.4 Å². The first kappa shape index (κ1) is 9.65. The van der Waals surface area contributed by atoms with Crippen LogP contribution in [0.2, 0.25) is 0 Å². The Bertz CT molecular complexity index is 465. The van der Waals surface area contributed by atoms with E-state index in [4.69, 9.17) is 0 Å². The van der Waals surface area contributed by atoms with Gasteiger partial charge in [0.1, 0.15) is 6.17 Å². The Morgan fingerprint density at radius 2 is 2.14 bits per heavy atom. The van der Waals surface area contributed by atoms with Crippen LogP contribution in [0.4, 0.5) is 4.39 Å². The van der Waals surface area contributed by atoms with Gasteiger partial charge in [0.05, 0.1) is 4.90 Å². The van der Waals surface area contributed by atoms with Crippen LogP contribution < -0.4 is 0 Å². The summed E-state index contributed by atoms with van der Waals surface area (Å²) in [6.07, 6.45) is 1.05. The molecule has 1 aliphatic carbocycles. The van der Waals surface area contributed by atoms with Gasteiger partial charge in [-0.05, 0) is 24.5 Å². The highest BCUT2D eigenvalue weighted by Crippen LogP contribution is 2.38. The third-order valence-electron chi connectivity index (χ3n) is 2.54. The largest absolute Gasteiger partial charge is 0.242 e. The van der Waals surface area contributed by atoms with Crippen LogP contribution in [0.25, 0.3) is 0 Å². The molecule has 2 rings (SSSR count). The molecule has 2 nitrogen and oxygen atoms in total. The van der Waals surface area contributed by atoms with E-state index >= 15 is 0 Å². The van der Waals surface area contributed by atoms with Crippen molar-refractivity contribution in [1.82, 2.24) is 0 Å². The molecule has 76 valence electrons. The zero-order chi connectivity index (χ0) is 10.3. The number of halogens is 1. The molecule has 0 fully saturated rings. The van der Waals surface area contributed by atoms with E-state index in [1.165, 1.54) is 6.07 Å². The van der Waals surface area contributed by atoms with Crippen LogP contribution in [0.5, 0.6) is 0 Å². The lowest BCUT2D eigenvalue weighted by Gasteiger charge is -2.07. The summed E-state index contributed by atoms with van der Waals surface area (Å²) >= 11 is 0. The zero-order valence-electron chi connectivity index (χ0n) is 7.83. The van der Waals surface area contributed by atoms with Gasteiger partial charge in [-0.25, -0.2) is 12.8 Å². The fraction of sp³-hybridized carbons (Fsp3) is 0.400. The molecule has 14 heavy (non-hydrogen) atoms. The number of rotatable bonds is 1. The van der Waals surface area contributed by atoms with Crippen LogP contribution in [-0.4, -0.2) is 14.7 Å². The van der Waals surface area contributed by atoms with Crippen LogP contribution in [-0.2, 0) is 16.3 Å². The van der Waals surface area contributed by atoms with Crippen molar-refractivity contribution >= 4 is 9.84 Å². The van der Waals surface area contributed by atoms with Crippen LogP contribution in [0.1, 0.15) is 23.7 Å². The fourth-order valence-corrected chi connectivity index (χ4v) is 2.90. The lowest BCUT2D eigenvalue weighted by atomic mass is 10.1. The average molecular weight is 214 g/mol. The van der Waals surface area contributed by atoms with Crippen LogP contribution in [0.15, 0.2) is 23.1 Å². The minimum Gasteiger partial charge on any atom is -0.242 e. The van der Waals surface area contributed by atoms with Gasteiger partial charge in [-0.2, -0.15) is 0 Å². The number of alkyl halides is 1. The SMILES string of the molecule is CS(=O)(=O)c1cccc2c1C(F)CC2.